The highest BCUT2D eigenvalue weighted by Gasteiger charge is 2.49. The minimum absolute atomic E-state index is 0.403. The molecule has 0 aromatic rings. The first-order valence-corrected chi connectivity index (χ1v) is 2.68. The molecule has 0 aliphatic carbocycles. The molecular formula is C5H4O4. The molecule has 4 heteroatoms. The van der Waals surface area contributed by atoms with E-state index in [1.165, 1.54) is 0 Å². The Balaban J connectivity index is 2.28. The Morgan fingerprint density at radius 2 is 1.56 bits per heavy atom. The predicted octanol–water partition coefficient (Wildman–Crippen LogP) is -0.773. The molecule has 2 rings (SSSR count). The van der Waals surface area contributed by atoms with Crippen LogP contribution in [-0.4, -0.2) is 24.1 Å². The van der Waals surface area contributed by atoms with Crippen molar-refractivity contribution >= 4 is 11.9 Å². The minimum Gasteiger partial charge on any atom is -0.447 e. The van der Waals surface area contributed by atoms with E-state index < -0.39 is 24.1 Å². The largest absolute Gasteiger partial charge is 0.447 e. The summed E-state index contributed by atoms with van der Waals surface area (Å²) in [6.45, 7) is 0. The Morgan fingerprint density at radius 3 is 1.78 bits per heavy atom. The first-order chi connectivity index (χ1) is 4.27. The van der Waals surface area contributed by atoms with Gasteiger partial charge in [-0.2, -0.15) is 0 Å². The van der Waals surface area contributed by atoms with E-state index >= 15 is 0 Å². The van der Waals surface area contributed by atoms with Crippen LogP contribution < -0.4 is 0 Å². The minimum atomic E-state index is -0.595. The molecule has 0 aromatic heterocycles. The van der Waals surface area contributed by atoms with Crippen LogP contribution in [0, 0.1) is 0 Å². The van der Waals surface area contributed by atoms with E-state index in [0.29, 0.717) is 6.42 Å². The Bertz CT molecular complexity index is 165. The first kappa shape index (κ1) is 4.78. The third kappa shape index (κ3) is 0.472. The van der Waals surface area contributed by atoms with E-state index in [-0.39, 0.29) is 0 Å². The van der Waals surface area contributed by atoms with Gasteiger partial charge in [-0.15, -0.1) is 0 Å². The van der Waals surface area contributed by atoms with Gasteiger partial charge < -0.3 is 9.47 Å². The standard InChI is InChI=1S/C5H4O4/c6-4-2-1-3(9-4)5(7)8-2/h2-3H,1H2. The van der Waals surface area contributed by atoms with Crippen molar-refractivity contribution in [2.24, 2.45) is 0 Å². The van der Waals surface area contributed by atoms with Crippen LogP contribution in [0.3, 0.4) is 0 Å². The molecule has 48 valence electrons. The van der Waals surface area contributed by atoms with Crippen molar-refractivity contribution in [1.82, 2.24) is 0 Å². The molecule has 9 heavy (non-hydrogen) atoms. The Hall–Kier alpha value is -1.06. The van der Waals surface area contributed by atoms with Crippen LogP contribution in [-0.2, 0) is 19.1 Å². The summed E-state index contributed by atoms with van der Waals surface area (Å²) in [7, 11) is 0. The van der Waals surface area contributed by atoms with Gasteiger partial charge in [0, 0.05) is 6.42 Å². The van der Waals surface area contributed by atoms with E-state index in [0.717, 1.165) is 0 Å². The van der Waals surface area contributed by atoms with Crippen molar-refractivity contribution in [3.63, 3.8) is 0 Å². The molecule has 2 atom stereocenters. The molecule has 0 aromatic carbocycles. The van der Waals surface area contributed by atoms with Gasteiger partial charge in [0.2, 0.25) is 12.2 Å². The number of carbonyl (C=O) groups excluding carboxylic acids is 2. The maximum atomic E-state index is 10.5. The SMILES string of the molecule is O=C1OC2CC1OC2=O. The number of ether oxygens (including phenoxy) is 2. The van der Waals surface area contributed by atoms with Crippen molar-refractivity contribution in [3.8, 4) is 0 Å². The fourth-order valence-electron chi connectivity index (χ4n) is 1.01. The zero-order chi connectivity index (χ0) is 6.43. The number of carbonyl (C=O) groups is 2. The van der Waals surface area contributed by atoms with Gasteiger partial charge in [0.1, 0.15) is 0 Å². The molecule has 2 bridgehead atoms. The molecule has 2 saturated heterocycles. The molecule has 0 N–H and O–H groups in total. The van der Waals surface area contributed by atoms with Crippen LogP contribution in [0.5, 0.6) is 0 Å². The van der Waals surface area contributed by atoms with Gasteiger partial charge in [-0.1, -0.05) is 0 Å². The van der Waals surface area contributed by atoms with Crippen LogP contribution in [0.2, 0.25) is 0 Å². The summed E-state index contributed by atoms with van der Waals surface area (Å²) in [5.41, 5.74) is 0. The van der Waals surface area contributed by atoms with Crippen molar-refractivity contribution in [3.05, 3.63) is 0 Å². The average molecular weight is 128 g/mol. The van der Waals surface area contributed by atoms with Crippen molar-refractivity contribution in [2.45, 2.75) is 18.6 Å². The predicted molar refractivity (Wildman–Crippen MR) is 24.4 cm³/mol. The number of rotatable bonds is 0. The van der Waals surface area contributed by atoms with Gasteiger partial charge in [0.05, 0.1) is 0 Å². The maximum absolute atomic E-state index is 10.5. The lowest BCUT2D eigenvalue weighted by atomic mass is 10.2. The van der Waals surface area contributed by atoms with E-state index in [4.69, 9.17) is 0 Å². The third-order valence-electron chi connectivity index (χ3n) is 1.47. The monoisotopic (exact) mass is 128 g/mol. The fourth-order valence-corrected chi connectivity index (χ4v) is 1.01. The molecule has 4 nitrogen and oxygen atoms in total. The molecule has 0 saturated carbocycles. The quantitative estimate of drug-likeness (QED) is 0.402. The number of hydrogen-bond acceptors (Lipinski definition) is 4. The van der Waals surface area contributed by atoms with Crippen LogP contribution in [0.1, 0.15) is 6.42 Å². The first-order valence-electron chi connectivity index (χ1n) is 2.68. The molecule has 2 aliphatic heterocycles. The van der Waals surface area contributed by atoms with Crippen LogP contribution >= 0.6 is 0 Å². The van der Waals surface area contributed by atoms with Crippen molar-refractivity contribution in [1.29, 1.82) is 0 Å². The van der Waals surface area contributed by atoms with E-state index in [1.54, 1.807) is 0 Å². The Labute approximate surface area is 50.7 Å². The van der Waals surface area contributed by atoms with Crippen LogP contribution in [0.15, 0.2) is 0 Å². The summed E-state index contributed by atoms with van der Waals surface area (Å²) in [4.78, 5) is 21.0. The van der Waals surface area contributed by atoms with Crippen molar-refractivity contribution in [2.75, 3.05) is 0 Å². The Morgan fingerprint density at radius 1 is 1.11 bits per heavy atom. The molecule has 0 radical (unpaired) electrons. The highest BCUT2D eigenvalue weighted by Crippen LogP contribution is 2.26. The summed E-state index contributed by atoms with van der Waals surface area (Å²) in [5.74, 6) is -0.806. The van der Waals surface area contributed by atoms with Gasteiger partial charge in [-0.3, -0.25) is 0 Å². The van der Waals surface area contributed by atoms with E-state index in [1.807, 2.05) is 0 Å². The molecule has 0 spiro atoms. The summed E-state index contributed by atoms with van der Waals surface area (Å²) < 4.78 is 9.12. The van der Waals surface area contributed by atoms with Crippen LogP contribution in [0.4, 0.5) is 0 Å². The second kappa shape index (κ2) is 1.26. The van der Waals surface area contributed by atoms with Gasteiger partial charge in [0.15, 0.2) is 0 Å². The summed E-state index contributed by atoms with van der Waals surface area (Å²) in [6.07, 6.45) is -0.775. The lowest BCUT2D eigenvalue weighted by molar-refractivity contribution is -0.175. The van der Waals surface area contributed by atoms with Gasteiger partial charge in [-0.25, -0.2) is 9.59 Å². The summed E-state index contributed by atoms with van der Waals surface area (Å²) >= 11 is 0. The van der Waals surface area contributed by atoms with Crippen LogP contribution in [0.25, 0.3) is 0 Å². The smallest absolute Gasteiger partial charge is 0.348 e. The second-order valence-corrected chi connectivity index (χ2v) is 2.09. The zero-order valence-corrected chi connectivity index (χ0v) is 4.49. The number of hydrogen-bond donors (Lipinski definition) is 0. The lowest BCUT2D eigenvalue weighted by Gasteiger charge is -2.08. The third-order valence-corrected chi connectivity index (χ3v) is 1.47. The lowest BCUT2D eigenvalue weighted by Crippen LogP contribution is -2.27. The topological polar surface area (TPSA) is 52.6 Å². The average Bonchev–Trinajstić information content (AvgIpc) is 2.24. The highest BCUT2D eigenvalue weighted by molar-refractivity contribution is 5.91. The zero-order valence-electron chi connectivity index (χ0n) is 4.49. The Kier molecular flexibility index (Phi) is 0.670. The fraction of sp³-hybridized carbons (Fsp3) is 0.600. The van der Waals surface area contributed by atoms with E-state index in [9.17, 15) is 9.59 Å². The molecule has 2 unspecified atom stereocenters. The van der Waals surface area contributed by atoms with Crippen molar-refractivity contribution < 1.29 is 19.1 Å². The second-order valence-electron chi connectivity index (χ2n) is 2.09. The molecule has 0 amide bonds. The summed E-state index contributed by atoms with van der Waals surface area (Å²) in [5, 5.41) is 0. The highest BCUT2D eigenvalue weighted by atomic mass is 16.7. The molecular weight excluding hydrogens is 124 g/mol. The number of esters is 2. The molecule has 2 heterocycles. The maximum Gasteiger partial charge on any atom is 0.348 e. The number of fused-ring (bicyclic) bond motifs is 2. The normalized spacial score (nSPS) is 38.7. The van der Waals surface area contributed by atoms with E-state index in [2.05, 4.69) is 9.47 Å². The van der Waals surface area contributed by atoms with Gasteiger partial charge >= 0.3 is 11.9 Å². The molecule has 2 fully saturated rings. The summed E-state index contributed by atoms with van der Waals surface area (Å²) in [6, 6.07) is 0. The van der Waals surface area contributed by atoms with Gasteiger partial charge in [0.25, 0.3) is 0 Å². The molecule has 2 aliphatic rings. The van der Waals surface area contributed by atoms with Gasteiger partial charge in [-0.05, 0) is 0 Å².